The topological polar surface area (TPSA) is 64.7 Å². The van der Waals surface area contributed by atoms with E-state index in [4.69, 9.17) is 23.2 Å². The van der Waals surface area contributed by atoms with Crippen molar-refractivity contribution in [3.63, 3.8) is 0 Å². The average molecular weight is 452 g/mol. The maximum atomic E-state index is 13.3. The lowest BCUT2D eigenvalue weighted by Gasteiger charge is -2.09. The minimum atomic E-state index is -4.52. The van der Waals surface area contributed by atoms with E-state index in [2.05, 4.69) is 15.5 Å². The van der Waals surface area contributed by atoms with Crippen molar-refractivity contribution in [2.75, 3.05) is 6.54 Å². The molecule has 0 unspecified atom stereocenters. The van der Waals surface area contributed by atoms with Gasteiger partial charge in [0, 0.05) is 24.3 Å². The van der Waals surface area contributed by atoms with Crippen LogP contribution in [0.5, 0.6) is 0 Å². The zero-order valence-corrected chi connectivity index (χ0v) is 17.5. The van der Waals surface area contributed by atoms with Crippen LogP contribution in [0.4, 0.5) is 13.2 Å². The lowest BCUT2D eigenvalue weighted by atomic mass is 10.1. The van der Waals surface area contributed by atoms with Gasteiger partial charge in [-0.05, 0) is 39.0 Å². The van der Waals surface area contributed by atoms with E-state index in [0.29, 0.717) is 60.3 Å². The number of carbonyl (C=O) groups excluding carboxylic acids is 1. The summed E-state index contributed by atoms with van der Waals surface area (Å²) in [7, 11) is 0. The molecule has 0 spiro atoms. The number of hydrogen-bond donors (Lipinski definition) is 1. The average Bonchev–Trinajstić information content (AvgIpc) is 2.98. The molecule has 29 heavy (non-hydrogen) atoms. The summed E-state index contributed by atoms with van der Waals surface area (Å²) in [5.41, 5.74) is 0.533. The predicted octanol–water partition coefficient (Wildman–Crippen LogP) is 4.19. The summed E-state index contributed by atoms with van der Waals surface area (Å²) >= 11 is 12.0. The van der Waals surface area contributed by atoms with Crippen LogP contribution in [0.25, 0.3) is 0 Å². The number of halogens is 5. The van der Waals surface area contributed by atoms with Crippen molar-refractivity contribution < 1.29 is 18.0 Å². The van der Waals surface area contributed by atoms with Gasteiger partial charge >= 0.3 is 6.18 Å². The number of hydrogen-bond acceptors (Lipinski definition) is 3. The van der Waals surface area contributed by atoms with Gasteiger partial charge in [0.1, 0.15) is 16.7 Å². The van der Waals surface area contributed by atoms with Gasteiger partial charge < -0.3 is 5.32 Å². The predicted molar refractivity (Wildman–Crippen MR) is 103 cm³/mol. The molecular formula is C18H22Cl2F3N5O. The van der Waals surface area contributed by atoms with E-state index < -0.39 is 11.9 Å². The van der Waals surface area contributed by atoms with Crippen molar-refractivity contribution in [3.05, 3.63) is 32.8 Å². The fourth-order valence-corrected chi connectivity index (χ4v) is 3.93. The third kappa shape index (κ3) is 5.06. The monoisotopic (exact) mass is 451 g/mol. The molecule has 11 heteroatoms. The second kappa shape index (κ2) is 8.95. The van der Waals surface area contributed by atoms with E-state index in [1.807, 2.05) is 0 Å². The molecule has 0 atom stereocenters. The first-order chi connectivity index (χ1) is 13.7. The largest absolute Gasteiger partial charge is 0.435 e. The molecule has 1 amide bonds. The first-order valence-electron chi connectivity index (χ1n) is 9.49. The third-order valence-corrected chi connectivity index (χ3v) is 5.87. The lowest BCUT2D eigenvalue weighted by Crippen LogP contribution is -2.30. The van der Waals surface area contributed by atoms with Gasteiger partial charge in [-0.15, -0.1) is 0 Å². The summed E-state index contributed by atoms with van der Waals surface area (Å²) in [5.74, 6) is -0.381. The van der Waals surface area contributed by atoms with Crippen LogP contribution in [0.15, 0.2) is 0 Å². The lowest BCUT2D eigenvalue weighted by molar-refractivity contribution is -0.142. The Bertz CT molecular complexity index is 891. The SMILES string of the molecule is Cc1nn(CCCNC(=O)Cn2nc(C(F)(F)F)c3c2CCCCC3)c(Cl)c1Cl. The molecule has 6 nitrogen and oxygen atoms in total. The molecule has 160 valence electrons. The highest BCUT2D eigenvalue weighted by Gasteiger charge is 2.39. The highest BCUT2D eigenvalue weighted by Crippen LogP contribution is 2.35. The molecule has 2 aromatic rings. The number of nitrogens with one attached hydrogen (secondary N) is 1. The Kier molecular flexibility index (Phi) is 6.78. The standard InChI is InChI=1S/C18H22Cl2F3N5O/c1-11-15(19)17(20)27(25-11)9-5-8-24-14(29)10-28-13-7-4-2-3-6-12(13)16(26-28)18(21,22)23/h2-10H2,1H3,(H,24,29). The second-order valence-corrected chi connectivity index (χ2v) is 7.84. The molecule has 0 saturated heterocycles. The van der Waals surface area contributed by atoms with Crippen molar-refractivity contribution >= 4 is 29.1 Å². The number of aromatic nitrogens is 4. The highest BCUT2D eigenvalue weighted by molar-refractivity contribution is 6.41. The third-order valence-electron chi connectivity index (χ3n) is 4.93. The maximum absolute atomic E-state index is 13.3. The Morgan fingerprint density at radius 2 is 1.86 bits per heavy atom. The van der Waals surface area contributed by atoms with Crippen LogP contribution < -0.4 is 5.32 Å². The fourth-order valence-electron chi connectivity index (χ4n) is 3.53. The van der Waals surface area contributed by atoms with E-state index in [1.54, 1.807) is 11.6 Å². The summed E-state index contributed by atoms with van der Waals surface area (Å²) in [5, 5.41) is 11.4. The first kappa shape index (κ1) is 22.0. The number of fused-ring (bicyclic) bond motifs is 1. The smallest absolute Gasteiger partial charge is 0.354 e. The molecule has 2 aromatic heterocycles. The van der Waals surface area contributed by atoms with Crippen LogP contribution in [0.1, 0.15) is 48.3 Å². The fraction of sp³-hybridized carbons (Fsp3) is 0.611. The summed E-state index contributed by atoms with van der Waals surface area (Å²) < 4.78 is 42.7. The van der Waals surface area contributed by atoms with Gasteiger partial charge in [-0.25, -0.2) is 0 Å². The molecule has 1 N–H and O–H groups in total. The van der Waals surface area contributed by atoms with E-state index >= 15 is 0 Å². The van der Waals surface area contributed by atoms with Crippen LogP contribution in [0.2, 0.25) is 10.2 Å². The van der Waals surface area contributed by atoms with Gasteiger partial charge in [-0.2, -0.15) is 23.4 Å². The Balaban J connectivity index is 1.59. The molecule has 0 bridgehead atoms. The van der Waals surface area contributed by atoms with Crippen molar-refractivity contribution in [2.45, 2.75) is 64.7 Å². The second-order valence-electron chi connectivity index (χ2n) is 7.11. The number of amides is 1. The van der Waals surface area contributed by atoms with Gasteiger partial charge in [0.2, 0.25) is 5.91 Å². The zero-order valence-electron chi connectivity index (χ0n) is 16.0. The summed E-state index contributed by atoms with van der Waals surface area (Å²) in [4.78, 5) is 12.3. The van der Waals surface area contributed by atoms with Crippen molar-refractivity contribution in [1.82, 2.24) is 24.9 Å². The van der Waals surface area contributed by atoms with E-state index in [9.17, 15) is 18.0 Å². The van der Waals surface area contributed by atoms with Gasteiger partial charge in [0.05, 0.1) is 5.69 Å². The number of alkyl halides is 3. The molecule has 0 radical (unpaired) electrons. The Labute approximate surface area is 176 Å². The summed E-state index contributed by atoms with van der Waals surface area (Å²) in [6, 6.07) is 0. The van der Waals surface area contributed by atoms with Gasteiger partial charge in [0.15, 0.2) is 5.69 Å². The van der Waals surface area contributed by atoms with Crippen molar-refractivity contribution in [2.24, 2.45) is 0 Å². The number of carbonyl (C=O) groups is 1. The van der Waals surface area contributed by atoms with Crippen molar-refractivity contribution in [3.8, 4) is 0 Å². The molecular weight excluding hydrogens is 430 g/mol. The normalized spacial score (nSPS) is 14.6. The highest BCUT2D eigenvalue weighted by atomic mass is 35.5. The van der Waals surface area contributed by atoms with Gasteiger partial charge in [-0.1, -0.05) is 29.6 Å². The molecule has 0 aliphatic heterocycles. The van der Waals surface area contributed by atoms with Gasteiger partial charge in [-0.3, -0.25) is 14.2 Å². The van der Waals surface area contributed by atoms with E-state index in [-0.39, 0.29) is 18.0 Å². The van der Waals surface area contributed by atoms with Crippen molar-refractivity contribution in [1.29, 1.82) is 0 Å². The summed E-state index contributed by atoms with van der Waals surface area (Å²) in [6.45, 7) is 2.31. The number of aryl methyl sites for hydroxylation is 2. The first-order valence-corrected chi connectivity index (χ1v) is 10.2. The quantitative estimate of drug-likeness (QED) is 0.528. The van der Waals surface area contributed by atoms with Crippen LogP contribution in [0, 0.1) is 6.92 Å². The number of rotatable bonds is 6. The van der Waals surface area contributed by atoms with Crippen LogP contribution in [-0.2, 0) is 36.9 Å². The minimum absolute atomic E-state index is 0.230. The van der Waals surface area contributed by atoms with E-state index in [1.165, 1.54) is 4.68 Å². The Morgan fingerprint density at radius 3 is 2.52 bits per heavy atom. The number of nitrogens with zero attached hydrogens (tertiary/aromatic N) is 4. The molecule has 3 rings (SSSR count). The van der Waals surface area contributed by atoms with Crippen LogP contribution in [-0.4, -0.2) is 32.0 Å². The Morgan fingerprint density at radius 1 is 1.14 bits per heavy atom. The minimum Gasteiger partial charge on any atom is -0.354 e. The van der Waals surface area contributed by atoms with Crippen LogP contribution >= 0.6 is 23.2 Å². The Hall–Kier alpha value is -1.74. The van der Waals surface area contributed by atoms with E-state index in [0.717, 1.165) is 12.8 Å². The zero-order chi connectivity index (χ0) is 21.2. The molecule has 2 heterocycles. The van der Waals surface area contributed by atoms with Gasteiger partial charge in [0.25, 0.3) is 0 Å². The molecule has 0 saturated carbocycles. The molecule has 1 aliphatic rings. The molecule has 0 fully saturated rings. The molecule has 1 aliphatic carbocycles. The maximum Gasteiger partial charge on any atom is 0.435 e. The summed E-state index contributed by atoms with van der Waals surface area (Å²) in [6.07, 6.45) is -0.746. The molecule has 0 aromatic carbocycles. The van der Waals surface area contributed by atoms with Crippen LogP contribution in [0.3, 0.4) is 0 Å².